The molecule has 0 saturated carbocycles. The molecule has 2 heterocycles. The highest BCUT2D eigenvalue weighted by atomic mass is 35.5. The monoisotopic (exact) mass is 290 g/mol. The summed E-state index contributed by atoms with van der Waals surface area (Å²) in [4.78, 5) is 8.65. The van der Waals surface area contributed by atoms with Gasteiger partial charge in [-0.05, 0) is 24.8 Å². The maximum atomic E-state index is 12.3. The third kappa shape index (κ3) is 2.29. The van der Waals surface area contributed by atoms with E-state index in [0.717, 1.165) is 0 Å². The Morgan fingerprint density at radius 1 is 1.47 bits per heavy atom. The Morgan fingerprint density at radius 2 is 2.24 bits per heavy atom. The number of nitrogens with zero attached hydrogens (tertiary/aromatic N) is 2. The minimum Gasteiger partial charge on any atom is -0.225 e. The molecule has 0 spiro atoms. The molecule has 0 amide bonds. The van der Waals surface area contributed by atoms with Crippen molar-refractivity contribution >= 4 is 43.0 Å². The molecule has 1 unspecified atom stereocenters. The van der Waals surface area contributed by atoms with Gasteiger partial charge in [-0.25, -0.2) is 18.4 Å². The number of thiophene rings is 1. The van der Waals surface area contributed by atoms with Gasteiger partial charge in [0, 0.05) is 11.3 Å². The quantitative estimate of drug-likeness (QED) is 0.641. The van der Waals surface area contributed by atoms with Crippen LogP contribution in [0.3, 0.4) is 0 Å². The Kier molecular flexibility index (Phi) is 3.65. The molecule has 0 aliphatic heterocycles. The third-order valence-corrected chi connectivity index (χ3v) is 5.74. The standard InChI is InChI=1S/C10H11ClN2O2S2/c1-7(2-4-11)17(14,15)10-8-3-5-16-9(8)12-6-13-10/h3,5-7H,2,4H2,1H3. The van der Waals surface area contributed by atoms with Crippen molar-refractivity contribution in [2.45, 2.75) is 23.6 Å². The number of rotatable bonds is 4. The number of fused-ring (bicyclic) bond motifs is 1. The molecule has 17 heavy (non-hydrogen) atoms. The zero-order chi connectivity index (χ0) is 12.5. The molecule has 0 bridgehead atoms. The molecule has 0 saturated heterocycles. The van der Waals surface area contributed by atoms with Crippen molar-refractivity contribution in [1.29, 1.82) is 0 Å². The Hall–Kier alpha value is -0.720. The molecule has 2 aromatic rings. The molecule has 2 rings (SSSR count). The van der Waals surface area contributed by atoms with Gasteiger partial charge in [0.1, 0.15) is 11.2 Å². The first-order chi connectivity index (χ1) is 8.07. The smallest absolute Gasteiger partial charge is 0.199 e. The van der Waals surface area contributed by atoms with Crippen LogP contribution in [0.1, 0.15) is 13.3 Å². The van der Waals surface area contributed by atoms with Gasteiger partial charge >= 0.3 is 0 Å². The number of hydrogen-bond acceptors (Lipinski definition) is 5. The van der Waals surface area contributed by atoms with Crippen LogP contribution in [0.15, 0.2) is 22.8 Å². The van der Waals surface area contributed by atoms with Crippen molar-refractivity contribution in [2.75, 3.05) is 5.88 Å². The average molecular weight is 291 g/mol. The SMILES string of the molecule is CC(CCCl)S(=O)(=O)c1ncnc2sccc12. The molecule has 92 valence electrons. The van der Waals surface area contributed by atoms with Gasteiger partial charge in [-0.3, -0.25) is 0 Å². The largest absolute Gasteiger partial charge is 0.225 e. The Bertz CT molecular complexity index is 624. The van der Waals surface area contributed by atoms with E-state index in [1.54, 1.807) is 13.0 Å². The molecule has 0 N–H and O–H groups in total. The first kappa shape index (κ1) is 12.7. The molecule has 0 fully saturated rings. The van der Waals surface area contributed by atoms with E-state index < -0.39 is 15.1 Å². The number of sulfone groups is 1. The van der Waals surface area contributed by atoms with Crippen molar-refractivity contribution in [3.63, 3.8) is 0 Å². The molecular weight excluding hydrogens is 280 g/mol. The summed E-state index contributed by atoms with van der Waals surface area (Å²) in [7, 11) is -3.43. The van der Waals surface area contributed by atoms with E-state index in [1.807, 2.05) is 5.38 Å². The van der Waals surface area contributed by atoms with Crippen molar-refractivity contribution in [3.8, 4) is 0 Å². The van der Waals surface area contributed by atoms with E-state index in [9.17, 15) is 8.42 Å². The molecule has 0 aromatic carbocycles. The minimum absolute atomic E-state index is 0.112. The summed E-state index contributed by atoms with van der Waals surface area (Å²) >= 11 is 6.99. The van der Waals surface area contributed by atoms with Gasteiger partial charge in [0.2, 0.25) is 0 Å². The second kappa shape index (κ2) is 4.88. The van der Waals surface area contributed by atoms with Gasteiger partial charge in [-0.1, -0.05) is 0 Å². The summed E-state index contributed by atoms with van der Waals surface area (Å²) in [5.41, 5.74) is 0. The second-order valence-electron chi connectivity index (χ2n) is 3.65. The lowest BCUT2D eigenvalue weighted by Gasteiger charge is -2.10. The predicted octanol–water partition coefficient (Wildman–Crippen LogP) is 2.48. The Labute approximate surface area is 109 Å². The van der Waals surface area contributed by atoms with E-state index in [0.29, 0.717) is 22.5 Å². The summed E-state index contributed by atoms with van der Waals surface area (Å²) in [5.74, 6) is 0.318. The number of halogens is 1. The minimum atomic E-state index is -3.43. The van der Waals surface area contributed by atoms with E-state index in [4.69, 9.17) is 11.6 Å². The van der Waals surface area contributed by atoms with Crippen molar-refractivity contribution in [3.05, 3.63) is 17.8 Å². The fraction of sp³-hybridized carbons (Fsp3) is 0.400. The fourth-order valence-electron chi connectivity index (χ4n) is 1.49. The van der Waals surface area contributed by atoms with Gasteiger partial charge < -0.3 is 0 Å². The van der Waals surface area contributed by atoms with Crippen LogP contribution in [0.5, 0.6) is 0 Å². The lowest BCUT2D eigenvalue weighted by molar-refractivity contribution is 0.578. The molecule has 7 heteroatoms. The van der Waals surface area contributed by atoms with Crippen molar-refractivity contribution in [1.82, 2.24) is 9.97 Å². The van der Waals surface area contributed by atoms with E-state index in [-0.39, 0.29) is 5.03 Å². The highest BCUT2D eigenvalue weighted by Crippen LogP contribution is 2.26. The van der Waals surface area contributed by atoms with Crippen molar-refractivity contribution < 1.29 is 8.42 Å². The zero-order valence-corrected chi connectivity index (χ0v) is 11.5. The van der Waals surface area contributed by atoms with Gasteiger partial charge in [0.05, 0.1) is 5.25 Å². The topological polar surface area (TPSA) is 59.9 Å². The van der Waals surface area contributed by atoms with Crippen LogP contribution in [-0.4, -0.2) is 29.5 Å². The molecule has 1 atom stereocenters. The van der Waals surface area contributed by atoms with E-state index in [1.165, 1.54) is 17.7 Å². The summed E-state index contributed by atoms with van der Waals surface area (Å²) in [6.45, 7) is 1.65. The predicted molar refractivity (Wildman–Crippen MR) is 69.4 cm³/mol. The summed E-state index contributed by atoms with van der Waals surface area (Å²) < 4.78 is 24.6. The van der Waals surface area contributed by atoms with Crippen LogP contribution in [0.4, 0.5) is 0 Å². The molecule has 0 aliphatic rings. The lowest BCUT2D eigenvalue weighted by Crippen LogP contribution is -2.20. The lowest BCUT2D eigenvalue weighted by atomic mass is 10.4. The van der Waals surface area contributed by atoms with Crippen LogP contribution >= 0.6 is 22.9 Å². The molecule has 4 nitrogen and oxygen atoms in total. The maximum absolute atomic E-state index is 12.3. The normalized spacial score (nSPS) is 14.0. The second-order valence-corrected chi connectivity index (χ2v) is 7.21. The number of alkyl halides is 1. The maximum Gasteiger partial charge on any atom is 0.199 e. The molecule has 0 radical (unpaired) electrons. The van der Waals surface area contributed by atoms with Crippen LogP contribution < -0.4 is 0 Å². The Balaban J connectivity index is 2.56. The van der Waals surface area contributed by atoms with Gasteiger partial charge in [-0.2, -0.15) is 0 Å². The first-order valence-corrected chi connectivity index (χ1v) is 8.01. The average Bonchev–Trinajstić information content (AvgIpc) is 2.76. The molecule has 0 aliphatic carbocycles. The van der Waals surface area contributed by atoms with E-state index >= 15 is 0 Å². The Morgan fingerprint density at radius 3 is 2.94 bits per heavy atom. The van der Waals surface area contributed by atoms with Gasteiger partial charge in [0.25, 0.3) is 0 Å². The molecule has 2 aromatic heterocycles. The summed E-state index contributed by atoms with van der Waals surface area (Å²) in [6.07, 6.45) is 1.71. The summed E-state index contributed by atoms with van der Waals surface area (Å²) in [6, 6.07) is 1.74. The highest BCUT2D eigenvalue weighted by molar-refractivity contribution is 7.92. The van der Waals surface area contributed by atoms with Crippen LogP contribution in [0, 0.1) is 0 Å². The van der Waals surface area contributed by atoms with Gasteiger partial charge in [-0.15, -0.1) is 22.9 Å². The zero-order valence-electron chi connectivity index (χ0n) is 9.13. The number of aromatic nitrogens is 2. The van der Waals surface area contributed by atoms with Crippen LogP contribution in [0.2, 0.25) is 0 Å². The third-order valence-electron chi connectivity index (χ3n) is 2.54. The fourth-order valence-corrected chi connectivity index (χ4v) is 4.22. The summed E-state index contributed by atoms with van der Waals surface area (Å²) in [5, 5.41) is 1.99. The van der Waals surface area contributed by atoms with Gasteiger partial charge in [0.15, 0.2) is 14.9 Å². The molecular formula is C10H11ClN2O2S2. The number of hydrogen-bond donors (Lipinski definition) is 0. The van der Waals surface area contributed by atoms with Crippen molar-refractivity contribution in [2.24, 2.45) is 0 Å². The van der Waals surface area contributed by atoms with Crippen LogP contribution in [0.25, 0.3) is 10.2 Å². The highest BCUT2D eigenvalue weighted by Gasteiger charge is 2.26. The van der Waals surface area contributed by atoms with E-state index in [2.05, 4.69) is 9.97 Å². The first-order valence-electron chi connectivity index (χ1n) is 5.05. The van der Waals surface area contributed by atoms with Crippen LogP contribution in [-0.2, 0) is 9.84 Å².